The summed E-state index contributed by atoms with van der Waals surface area (Å²) in [6.45, 7) is 9.07. The number of nitrogens with one attached hydrogen (secondary N) is 1. The Labute approximate surface area is 264 Å². The van der Waals surface area contributed by atoms with Gasteiger partial charge in [0.1, 0.15) is 40.9 Å². The van der Waals surface area contributed by atoms with Gasteiger partial charge in [0.2, 0.25) is 0 Å². The van der Waals surface area contributed by atoms with Crippen LogP contribution < -0.4 is 15.0 Å². The normalized spacial score (nSPS) is 21.5. The lowest BCUT2D eigenvalue weighted by molar-refractivity contribution is -0.0224. The highest BCUT2D eigenvalue weighted by atomic mass is 19.3. The van der Waals surface area contributed by atoms with Crippen molar-refractivity contribution in [2.24, 2.45) is 0 Å². The van der Waals surface area contributed by atoms with Crippen LogP contribution in [0.25, 0.3) is 32.9 Å². The molecule has 0 aliphatic carbocycles. The fraction of sp³-hybridized carbons (Fsp3) is 0.500. The van der Waals surface area contributed by atoms with Crippen LogP contribution in [0.3, 0.4) is 0 Å². The Bertz CT molecular complexity index is 1830. The minimum absolute atomic E-state index is 0.00107. The number of hydrogen-bond donors (Lipinski definition) is 2. The summed E-state index contributed by atoms with van der Waals surface area (Å²) in [6.07, 6.45) is 3.52. The molecule has 0 spiro atoms. The number of rotatable bonds is 4. The van der Waals surface area contributed by atoms with E-state index in [0.29, 0.717) is 31.6 Å². The maximum Gasteiger partial charge on any atom is 0.319 e. The van der Waals surface area contributed by atoms with Crippen molar-refractivity contribution >= 4 is 27.5 Å². The number of aromatic hydroxyl groups is 1. The van der Waals surface area contributed by atoms with Gasteiger partial charge in [0.25, 0.3) is 5.92 Å². The van der Waals surface area contributed by atoms with Crippen molar-refractivity contribution in [2.75, 3.05) is 44.2 Å². The molecule has 46 heavy (non-hydrogen) atoms. The molecule has 244 valence electrons. The first-order chi connectivity index (χ1) is 22.1. The molecule has 8 rings (SSSR count). The zero-order valence-electron chi connectivity index (χ0n) is 26.3. The van der Waals surface area contributed by atoms with Crippen LogP contribution >= 0.6 is 0 Å². The van der Waals surface area contributed by atoms with E-state index in [1.165, 1.54) is 31.2 Å². The molecule has 8 nitrogen and oxygen atoms in total. The van der Waals surface area contributed by atoms with Crippen molar-refractivity contribution in [1.82, 2.24) is 25.2 Å². The van der Waals surface area contributed by atoms with Gasteiger partial charge in [-0.2, -0.15) is 18.7 Å². The molecule has 3 saturated heterocycles. The number of halogens is 4. The average Bonchev–Trinajstić information content (AvgIpc) is 3.61. The Morgan fingerprint density at radius 2 is 1.78 bits per heavy atom. The molecule has 1 atom stereocenters. The maximum absolute atomic E-state index is 16.8. The number of piperazine rings is 1. The molecule has 0 saturated carbocycles. The SMILES string of the molecule is CC.Cc1c(F)ccc2cc(O)cc(-c3nc4c5c(nc(OCC67CCCN6CCC7)nc5c3F)N3CCNCC3CC4(F)F)c12. The smallest absolute Gasteiger partial charge is 0.319 e. The van der Waals surface area contributed by atoms with Gasteiger partial charge in [-0.25, -0.2) is 13.8 Å². The maximum atomic E-state index is 16.8. The summed E-state index contributed by atoms with van der Waals surface area (Å²) in [7, 11) is 0. The quantitative estimate of drug-likeness (QED) is 0.247. The minimum atomic E-state index is -3.46. The molecule has 0 bridgehead atoms. The predicted molar refractivity (Wildman–Crippen MR) is 169 cm³/mol. The molecule has 0 amide bonds. The first kappa shape index (κ1) is 30.9. The molecule has 0 radical (unpaired) electrons. The molecule has 1 unspecified atom stereocenters. The van der Waals surface area contributed by atoms with Crippen LogP contribution in [0.2, 0.25) is 0 Å². The lowest BCUT2D eigenvalue weighted by atomic mass is 9.95. The molecule has 2 aromatic heterocycles. The number of nitrogens with zero attached hydrogens (tertiary/aromatic N) is 5. The molecular weight excluding hydrogens is 600 g/mol. The summed E-state index contributed by atoms with van der Waals surface area (Å²) in [5.41, 5.74) is -1.35. The lowest BCUT2D eigenvalue weighted by Crippen LogP contribution is -2.52. The van der Waals surface area contributed by atoms with Gasteiger partial charge in [0.15, 0.2) is 5.82 Å². The van der Waals surface area contributed by atoms with Gasteiger partial charge in [-0.3, -0.25) is 4.90 Å². The summed E-state index contributed by atoms with van der Waals surface area (Å²) in [5.74, 6) is -5.02. The third-order valence-electron chi connectivity index (χ3n) is 10.0. The van der Waals surface area contributed by atoms with E-state index in [9.17, 15) is 9.50 Å². The van der Waals surface area contributed by atoms with E-state index < -0.39 is 41.4 Å². The van der Waals surface area contributed by atoms with Crippen LogP contribution in [-0.4, -0.2) is 75.9 Å². The van der Waals surface area contributed by atoms with Gasteiger partial charge in [-0.05, 0) is 80.2 Å². The third kappa shape index (κ3) is 4.83. The second kappa shape index (κ2) is 11.5. The number of phenolic OH excluding ortho intramolecular Hbond substituents is 1. The summed E-state index contributed by atoms with van der Waals surface area (Å²) < 4.78 is 70.3. The highest BCUT2D eigenvalue weighted by molar-refractivity contribution is 6.02. The molecule has 12 heteroatoms. The fourth-order valence-corrected chi connectivity index (χ4v) is 7.92. The summed E-state index contributed by atoms with van der Waals surface area (Å²) in [4.78, 5) is 17.6. The number of phenols is 1. The van der Waals surface area contributed by atoms with Crippen LogP contribution in [-0.2, 0) is 5.92 Å². The minimum Gasteiger partial charge on any atom is -0.508 e. The summed E-state index contributed by atoms with van der Waals surface area (Å²) in [6, 6.07) is 4.65. The predicted octanol–water partition coefficient (Wildman–Crippen LogP) is 6.44. The fourth-order valence-electron chi connectivity index (χ4n) is 7.92. The van der Waals surface area contributed by atoms with Gasteiger partial charge >= 0.3 is 6.01 Å². The van der Waals surface area contributed by atoms with Gasteiger partial charge in [0.05, 0.1) is 10.9 Å². The molecule has 4 aliphatic heterocycles. The molecule has 6 heterocycles. The van der Waals surface area contributed by atoms with Crippen molar-refractivity contribution in [2.45, 2.75) is 70.4 Å². The van der Waals surface area contributed by atoms with E-state index in [0.717, 1.165) is 38.8 Å². The van der Waals surface area contributed by atoms with Crippen LogP contribution in [0, 0.1) is 18.6 Å². The third-order valence-corrected chi connectivity index (χ3v) is 10.0. The topological polar surface area (TPSA) is 86.6 Å². The van der Waals surface area contributed by atoms with E-state index in [1.807, 2.05) is 13.8 Å². The number of aryl methyl sites for hydroxylation is 1. The van der Waals surface area contributed by atoms with E-state index in [-0.39, 0.29) is 50.5 Å². The van der Waals surface area contributed by atoms with Gasteiger partial charge < -0.3 is 20.1 Å². The first-order valence-electron chi connectivity index (χ1n) is 16.2. The van der Waals surface area contributed by atoms with Crippen LogP contribution in [0.4, 0.5) is 23.4 Å². The molecule has 3 fully saturated rings. The van der Waals surface area contributed by atoms with E-state index in [2.05, 4.69) is 25.2 Å². The van der Waals surface area contributed by atoms with E-state index in [4.69, 9.17) is 4.74 Å². The van der Waals surface area contributed by atoms with Crippen molar-refractivity contribution in [3.05, 3.63) is 47.2 Å². The zero-order valence-corrected chi connectivity index (χ0v) is 26.3. The number of pyridine rings is 1. The number of aromatic nitrogens is 3. The van der Waals surface area contributed by atoms with Gasteiger partial charge in [-0.15, -0.1) is 0 Å². The van der Waals surface area contributed by atoms with Gasteiger partial charge in [0, 0.05) is 37.7 Å². The van der Waals surface area contributed by atoms with Crippen molar-refractivity contribution in [3.63, 3.8) is 0 Å². The Balaban J connectivity index is 0.00000166. The van der Waals surface area contributed by atoms with Crippen LogP contribution in [0.5, 0.6) is 11.8 Å². The molecule has 4 aromatic rings. The molecule has 4 aliphatic rings. The monoisotopic (exact) mass is 638 g/mol. The number of hydrogen-bond acceptors (Lipinski definition) is 8. The standard InChI is InChI=1S/C32H32F4N6O2.C2H6/c1-17-22(33)5-4-18-12-20(43)13-21(23(17)18)26-25(34)27-24-28(38-26)32(35,36)14-19-15-37-8-11-42(19)29(24)40-30(39-27)44-16-31-6-2-9-41(31)10-3-7-31;1-2/h4-5,12-13,19,37,43H,2-3,6-11,14-16H2,1H3;1-2H3. The molecule has 2 N–H and O–H groups in total. The zero-order chi connectivity index (χ0) is 32.4. The second-order valence-electron chi connectivity index (χ2n) is 12.6. The second-order valence-corrected chi connectivity index (χ2v) is 12.6. The summed E-state index contributed by atoms with van der Waals surface area (Å²) in [5, 5.41) is 14.3. The van der Waals surface area contributed by atoms with Crippen LogP contribution in [0.1, 0.15) is 57.2 Å². The van der Waals surface area contributed by atoms with E-state index in [1.54, 1.807) is 4.90 Å². The number of fused-ring (bicyclic) bond motifs is 4. The Kier molecular flexibility index (Phi) is 7.70. The van der Waals surface area contributed by atoms with E-state index >= 15 is 13.2 Å². The Hall–Kier alpha value is -3.77. The number of anilines is 1. The molecule has 2 aromatic carbocycles. The Morgan fingerprint density at radius 3 is 2.54 bits per heavy atom. The number of ether oxygens (including phenoxy) is 1. The van der Waals surface area contributed by atoms with Crippen molar-refractivity contribution in [3.8, 4) is 23.0 Å². The highest BCUT2D eigenvalue weighted by Gasteiger charge is 2.48. The highest BCUT2D eigenvalue weighted by Crippen LogP contribution is 2.48. The number of alkyl halides is 2. The van der Waals surface area contributed by atoms with Crippen molar-refractivity contribution < 1.29 is 27.4 Å². The lowest BCUT2D eigenvalue weighted by Gasteiger charge is -2.37. The van der Waals surface area contributed by atoms with Crippen LogP contribution in [0.15, 0.2) is 24.3 Å². The Morgan fingerprint density at radius 1 is 1.02 bits per heavy atom. The molecular formula is C34H38F4N6O2. The van der Waals surface area contributed by atoms with Crippen molar-refractivity contribution in [1.29, 1.82) is 0 Å². The summed E-state index contributed by atoms with van der Waals surface area (Å²) >= 11 is 0. The largest absolute Gasteiger partial charge is 0.508 e. The number of benzene rings is 2. The first-order valence-corrected chi connectivity index (χ1v) is 16.2. The van der Waals surface area contributed by atoms with Gasteiger partial charge in [-0.1, -0.05) is 19.9 Å². The average molecular weight is 639 g/mol.